The van der Waals surface area contributed by atoms with Crippen LogP contribution in [-0.4, -0.2) is 31.4 Å². The number of piperidine rings is 1. The highest BCUT2D eigenvalue weighted by atomic mass is 32.1. The van der Waals surface area contributed by atoms with E-state index in [9.17, 15) is 14.4 Å². The van der Waals surface area contributed by atoms with Crippen molar-refractivity contribution in [2.45, 2.75) is 19.3 Å². The van der Waals surface area contributed by atoms with Crippen molar-refractivity contribution >= 4 is 46.1 Å². The van der Waals surface area contributed by atoms with Crippen molar-refractivity contribution in [2.24, 2.45) is 0 Å². The van der Waals surface area contributed by atoms with Gasteiger partial charge in [-0.15, -0.1) is 11.3 Å². The molecular weight excluding hydrogens is 426 g/mol. The molecule has 3 amide bonds. The molecule has 0 saturated carbocycles. The van der Waals surface area contributed by atoms with Crippen molar-refractivity contribution in [1.82, 2.24) is 0 Å². The zero-order chi connectivity index (χ0) is 22.5. The molecule has 4 rings (SSSR count). The summed E-state index contributed by atoms with van der Waals surface area (Å²) in [6.45, 7) is 0.615. The van der Waals surface area contributed by atoms with Crippen LogP contribution in [0.5, 0.6) is 5.75 Å². The van der Waals surface area contributed by atoms with Crippen molar-refractivity contribution in [2.75, 3.05) is 29.2 Å². The number of anilines is 3. The number of ether oxygens (including phenoxy) is 1. The minimum absolute atomic E-state index is 0.0414. The van der Waals surface area contributed by atoms with Crippen LogP contribution in [0.4, 0.5) is 17.1 Å². The minimum Gasteiger partial charge on any atom is -0.495 e. The van der Waals surface area contributed by atoms with Gasteiger partial charge < -0.3 is 20.3 Å². The molecule has 0 spiro atoms. The molecule has 1 aliphatic rings. The monoisotopic (exact) mass is 449 g/mol. The summed E-state index contributed by atoms with van der Waals surface area (Å²) in [5, 5.41) is 7.50. The van der Waals surface area contributed by atoms with Crippen molar-refractivity contribution in [3.63, 3.8) is 0 Å². The molecule has 0 radical (unpaired) electrons. The van der Waals surface area contributed by atoms with Crippen LogP contribution in [0, 0.1) is 0 Å². The third kappa shape index (κ3) is 4.65. The first-order chi connectivity index (χ1) is 15.6. The third-order valence-electron chi connectivity index (χ3n) is 5.22. The van der Waals surface area contributed by atoms with Crippen molar-refractivity contribution in [3.05, 3.63) is 70.4 Å². The van der Waals surface area contributed by atoms with Gasteiger partial charge in [0.1, 0.15) is 5.75 Å². The summed E-state index contributed by atoms with van der Waals surface area (Å²) in [5.41, 5.74) is 1.92. The van der Waals surface area contributed by atoms with E-state index < -0.39 is 0 Å². The first-order valence-electron chi connectivity index (χ1n) is 10.3. The van der Waals surface area contributed by atoms with Gasteiger partial charge in [0.05, 0.1) is 28.9 Å². The second-order valence-corrected chi connectivity index (χ2v) is 8.27. The Bertz CT molecular complexity index is 1140. The predicted octanol–water partition coefficient (Wildman–Crippen LogP) is 4.78. The summed E-state index contributed by atoms with van der Waals surface area (Å²) < 4.78 is 5.44. The number of thiophene rings is 1. The highest BCUT2D eigenvalue weighted by Gasteiger charge is 2.23. The molecule has 0 aliphatic carbocycles. The summed E-state index contributed by atoms with van der Waals surface area (Å²) in [6, 6.07) is 15.6. The number of methoxy groups -OCH3 is 1. The molecule has 7 nitrogen and oxygen atoms in total. The second-order valence-electron chi connectivity index (χ2n) is 7.32. The Morgan fingerprint density at radius 3 is 2.59 bits per heavy atom. The van der Waals surface area contributed by atoms with E-state index in [0.717, 1.165) is 12.8 Å². The van der Waals surface area contributed by atoms with E-state index >= 15 is 0 Å². The molecule has 1 saturated heterocycles. The fourth-order valence-electron chi connectivity index (χ4n) is 3.62. The van der Waals surface area contributed by atoms with Gasteiger partial charge in [-0.2, -0.15) is 0 Å². The largest absolute Gasteiger partial charge is 0.495 e. The maximum Gasteiger partial charge on any atom is 0.265 e. The number of nitrogens with zero attached hydrogens (tertiary/aromatic N) is 1. The lowest BCUT2D eigenvalue weighted by molar-refractivity contribution is -0.119. The first-order valence-corrected chi connectivity index (χ1v) is 11.2. The van der Waals surface area contributed by atoms with Crippen LogP contribution in [0.1, 0.15) is 39.3 Å². The Labute approximate surface area is 190 Å². The van der Waals surface area contributed by atoms with Gasteiger partial charge in [-0.3, -0.25) is 14.4 Å². The second kappa shape index (κ2) is 9.65. The van der Waals surface area contributed by atoms with Gasteiger partial charge in [-0.25, -0.2) is 0 Å². The summed E-state index contributed by atoms with van der Waals surface area (Å²) in [5.74, 6) is -0.0229. The SMILES string of the molecule is COc1ccc(NC(=O)c2ccccc2NC(=O)c2cccs2)cc1N1CCCCC1=O. The Kier molecular flexibility index (Phi) is 6.51. The molecule has 0 unspecified atom stereocenters. The molecule has 32 heavy (non-hydrogen) atoms. The van der Waals surface area contributed by atoms with Crippen molar-refractivity contribution in [1.29, 1.82) is 0 Å². The summed E-state index contributed by atoms with van der Waals surface area (Å²) in [4.78, 5) is 40.2. The van der Waals surface area contributed by atoms with E-state index in [1.165, 1.54) is 11.3 Å². The normalized spacial score (nSPS) is 13.5. The van der Waals surface area contributed by atoms with E-state index in [4.69, 9.17) is 4.74 Å². The van der Waals surface area contributed by atoms with Gasteiger partial charge in [-0.1, -0.05) is 18.2 Å². The number of hydrogen-bond donors (Lipinski definition) is 2. The van der Waals surface area contributed by atoms with E-state index in [0.29, 0.717) is 46.2 Å². The van der Waals surface area contributed by atoms with Gasteiger partial charge in [0.15, 0.2) is 0 Å². The van der Waals surface area contributed by atoms with Crippen molar-refractivity contribution in [3.8, 4) is 5.75 Å². The van der Waals surface area contributed by atoms with E-state index in [-0.39, 0.29) is 17.7 Å². The van der Waals surface area contributed by atoms with Crippen molar-refractivity contribution < 1.29 is 19.1 Å². The number of amides is 3. The Morgan fingerprint density at radius 2 is 1.84 bits per heavy atom. The number of para-hydroxylation sites is 1. The molecule has 2 heterocycles. The van der Waals surface area contributed by atoms with Gasteiger partial charge >= 0.3 is 0 Å². The van der Waals surface area contributed by atoms with Crippen LogP contribution in [0.15, 0.2) is 60.0 Å². The van der Waals surface area contributed by atoms with Gasteiger partial charge in [0.25, 0.3) is 11.8 Å². The molecule has 1 aliphatic heterocycles. The average molecular weight is 450 g/mol. The summed E-state index contributed by atoms with van der Waals surface area (Å²) >= 11 is 1.33. The molecule has 164 valence electrons. The summed E-state index contributed by atoms with van der Waals surface area (Å²) in [6.07, 6.45) is 2.29. The van der Waals surface area contributed by atoms with Gasteiger partial charge in [0.2, 0.25) is 5.91 Å². The van der Waals surface area contributed by atoms with Gasteiger partial charge in [0, 0.05) is 18.7 Å². The number of carbonyl (C=O) groups is 3. The Hall–Kier alpha value is -3.65. The third-order valence-corrected chi connectivity index (χ3v) is 6.08. The van der Waals surface area contributed by atoms with E-state index in [1.54, 1.807) is 66.6 Å². The lowest BCUT2D eigenvalue weighted by atomic mass is 10.1. The molecule has 2 N–H and O–H groups in total. The summed E-state index contributed by atoms with van der Waals surface area (Å²) in [7, 11) is 1.55. The molecular formula is C24H23N3O4S. The lowest BCUT2D eigenvalue weighted by Crippen LogP contribution is -2.35. The minimum atomic E-state index is -0.367. The highest BCUT2D eigenvalue weighted by molar-refractivity contribution is 7.12. The number of benzene rings is 2. The standard InChI is InChI=1S/C24H23N3O4S/c1-31-20-12-11-16(15-19(20)27-13-5-4-10-22(27)28)25-23(29)17-7-2-3-8-18(17)26-24(30)21-9-6-14-32-21/h2-3,6-9,11-12,14-15H,4-5,10,13H2,1H3,(H,25,29)(H,26,30). The molecule has 1 fully saturated rings. The molecule has 8 heteroatoms. The highest BCUT2D eigenvalue weighted by Crippen LogP contribution is 2.34. The van der Waals surface area contributed by atoms with Crippen LogP contribution < -0.4 is 20.3 Å². The topological polar surface area (TPSA) is 87.7 Å². The van der Waals surface area contributed by atoms with E-state index in [2.05, 4.69) is 10.6 Å². The number of rotatable bonds is 6. The molecule has 0 atom stereocenters. The molecule has 2 aromatic carbocycles. The molecule has 3 aromatic rings. The van der Waals surface area contributed by atoms with E-state index in [1.807, 2.05) is 5.38 Å². The first kappa shape index (κ1) is 21.6. The van der Waals surface area contributed by atoms with Gasteiger partial charge in [-0.05, 0) is 54.6 Å². The van der Waals surface area contributed by atoms with Crippen LogP contribution >= 0.6 is 11.3 Å². The number of nitrogens with one attached hydrogen (secondary N) is 2. The van der Waals surface area contributed by atoms with Crippen LogP contribution in [0.2, 0.25) is 0 Å². The molecule has 0 bridgehead atoms. The van der Waals surface area contributed by atoms with Crippen LogP contribution in [0.25, 0.3) is 0 Å². The van der Waals surface area contributed by atoms with Crippen LogP contribution in [0.3, 0.4) is 0 Å². The Morgan fingerprint density at radius 1 is 1.00 bits per heavy atom. The number of carbonyl (C=O) groups excluding carboxylic acids is 3. The predicted molar refractivity (Wildman–Crippen MR) is 126 cm³/mol. The zero-order valence-corrected chi connectivity index (χ0v) is 18.4. The number of hydrogen-bond acceptors (Lipinski definition) is 5. The zero-order valence-electron chi connectivity index (χ0n) is 17.6. The molecule has 1 aromatic heterocycles. The fraction of sp³-hybridized carbons (Fsp3) is 0.208. The average Bonchev–Trinajstić information content (AvgIpc) is 3.35. The maximum atomic E-state index is 13.0. The van der Waals surface area contributed by atoms with Crippen LogP contribution in [-0.2, 0) is 4.79 Å². The lowest BCUT2D eigenvalue weighted by Gasteiger charge is -2.28. The maximum absolute atomic E-state index is 13.0. The fourth-order valence-corrected chi connectivity index (χ4v) is 4.24. The smallest absolute Gasteiger partial charge is 0.265 e. The quantitative estimate of drug-likeness (QED) is 0.567. The Balaban J connectivity index is 1.56.